The zero-order valence-electron chi connectivity index (χ0n) is 19.1. The van der Waals surface area contributed by atoms with Crippen LogP contribution in [0.4, 0.5) is 0 Å². The highest BCUT2D eigenvalue weighted by molar-refractivity contribution is 5.80. The van der Waals surface area contributed by atoms with E-state index in [9.17, 15) is 0 Å². The number of aromatic nitrogens is 3. The Hall–Kier alpha value is -2.37. The van der Waals surface area contributed by atoms with Crippen molar-refractivity contribution >= 4 is 5.96 Å². The van der Waals surface area contributed by atoms with E-state index in [2.05, 4.69) is 58.9 Å². The third kappa shape index (κ3) is 6.57. The summed E-state index contributed by atoms with van der Waals surface area (Å²) < 4.78 is 2.00. The summed E-state index contributed by atoms with van der Waals surface area (Å²) in [5, 5.41) is 15.6. The number of aryl methyl sites for hydroxylation is 2. The molecule has 30 heavy (non-hydrogen) atoms. The maximum atomic E-state index is 4.81. The maximum absolute atomic E-state index is 4.81. The van der Waals surface area contributed by atoms with Gasteiger partial charge in [0.25, 0.3) is 0 Å². The van der Waals surface area contributed by atoms with Crippen molar-refractivity contribution in [2.45, 2.75) is 84.2 Å². The van der Waals surface area contributed by atoms with Gasteiger partial charge in [-0.25, -0.2) is 4.99 Å². The lowest BCUT2D eigenvalue weighted by Gasteiger charge is -2.25. The number of guanidine groups is 1. The third-order valence-electron chi connectivity index (χ3n) is 6.09. The van der Waals surface area contributed by atoms with Crippen LogP contribution in [0.3, 0.4) is 0 Å². The summed E-state index contributed by atoms with van der Waals surface area (Å²) in [6, 6.07) is 9.57. The van der Waals surface area contributed by atoms with Crippen LogP contribution >= 0.6 is 0 Å². The van der Waals surface area contributed by atoms with Crippen LogP contribution in [0.1, 0.15) is 81.1 Å². The van der Waals surface area contributed by atoms with E-state index in [-0.39, 0.29) is 0 Å². The Bertz CT molecular complexity index is 800. The lowest BCUT2D eigenvalue weighted by molar-refractivity contribution is 0.409. The molecule has 1 fully saturated rings. The van der Waals surface area contributed by atoms with Gasteiger partial charge in [-0.05, 0) is 49.7 Å². The summed E-state index contributed by atoms with van der Waals surface area (Å²) in [5.41, 5.74) is 2.80. The molecule has 2 N–H and O–H groups in total. The van der Waals surface area contributed by atoms with Crippen LogP contribution in [0.25, 0.3) is 0 Å². The Morgan fingerprint density at radius 1 is 1.13 bits per heavy atom. The standard InChI is InChI=1S/C24H38N6/c1-18(2)21-14-12-20(13-15-21)9-8-16-25-24(27-22-10-6-5-7-11-22)26-17-23-29-28-19(3)30(23)4/h12-15,18,22H,5-11,16-17H2,1-4H3,(H2,25,26,27). The van der Waals surface area contributed by atoms with E-state index < -0.39 is 0 Å². The minimum Gasteiger partial charge on any atom is -0.356 e. The summed E-state index contributed by atoms with van der Waals surface area (Å²) in [6.45, 7) is 7.88. The van der Waals surface area contributed by atoms with E-state index in [1.807, 2.05) is 18.5 Å². The van der Waals surface area contributed by atoms with E-state index in [0.29, 0.717) is 18.5 Å². The quantitative estimate of drug-likeness (QED) is 0.388. The number of nitrogens with zero attached hydrogens (tertiary/aromatic N) is 4. The number of nitrogens with one attached hydrogen (secondary N) is 2. The molecule has 1 aromatic carbocycles. The lowest BCUT2D eigenvalue weighted by atomic mass is 9.96. The average Bonchev–Trinajstić information content (AvgIpc) is 3.08. The molecule has 1 heterocycles. The van der Waals surface area contributed by atoms with Crippen molar-refractivity contribution < 1.29 is 0 Å². The largest absolute Gasteiger partial charge is 0.356 e. The summed E-state index contributed by atoms with van der Waals surface area (Å²) in [6.07, 6.45) is 8.57. The van der Waals surface area contributed by atoms with Crippen LogP contribution in [0.5, 0.6) is 0 Å². The lowest BCUT2D eigenvalue weighted by Crippen LogP contribution is -2.44. The normalized spacial score (nSPS) is 15.6. The molecule has 0 unspecified atom stereocenters. The second-order valence-electron chi connectivity index (χ2n) is 8.79. The van der Waals surface area contributed by atoms with Gasteiger partial charge in [0, 0.05) is 19.6 Å². The molecule has 0 saturated heterocycles. The van der Waals surface area contributed by atoms with Gasteiger partial charge in [-0.3, -0.25) is 0 Å². The minimum absolute atomic E-state index is 0.523. The molecule has 2 aromatic rings. The monoisotopic (exact) mass is 410 g/mol. The highest BCUT2D eigenvalue weighted by Crippen LogP contribution is 2.17. The Kier molecular flexibility index (Phi) is 8.29. The van der Waals surface area contributed by atoms with Crippen molar-refractivity contribution in [2.24, 2.45) is 12.0 Å². The molecule has 164 valence electrons. The minimum atomic E-state index is 0.523. The summed E-state index contributed by atoms with van der Waals surface area (Å²) >= 11 is 0. The number of aliphatic imine (C=N–C) groups is 1. The summed E-state index contributed by atoms with van der Waals surface area (Å²) in [7, 11) is 1.99. The van der Waals surface area contributed by atoms with Gasteiger partial charge in [0.2, 0.25) is 0 Å². The van der Waals surface area contributed by atoms with Crippen molar-refractivity contribution in [3.8, 4) is 0 Å². The molecule has 6 nitrogen and oxygen atoms in total. The molecule has 0 amide bonds. The molecule has 1 aliphatic rings. The molecule has 0 spiro atoms. The van der Waals surface area contributed by atoms with Crippen LogP contribution in [0.15, 0.2) is 29.3 Å². The molecule has 0 aliphatic heterocycles. The molecule has 1 aliphatic carbocycles. The van der Waals surface area contributed by atoms with Gasteiger partial charge in [-0.2, -0.15) is 0 Å². The molecule has 0 atom stereocenters. The first-order valence-electron chi connectivity index (χ1n) is 11.5. The highest BCUT2D eigenvalue weighted by atomic mass is 15.3. The predicted octanol–water partition coefficient (Wildman–Crippen LogP) is 4.25. The van der Waals surface area contributed by atoms with Crippen molar-refractivity contribution in [2.75, 3.05) is 6.54 Å². The smallest absolute Gasteiger partial charge is 0.191 e. The number of benzene rings is 1. The molecule has 3 rings (SSSR count). The van der Waals surface area contributed by atoms with Crippen LogP contribution in [-0.2, 0) is 20.0 Å². The SMILES string of the molecule is Cc1nnc(CN=C(NCCCc2ccc(C(C)C)cc2)NC2CCCCC2)n1C. The van der Waals surface area contributed by atoms with Crippen molar-refractivity contribution in [3.05, 3.63) is 47.0 Å². The second kappa shape index (κ2) is 11.1. The van der Waals surface area contributed by atoms with Crippen LogP contribution in [0, 0.1) is 6.92 Å². The highest BCUT2D eigenvalue weighted by Gasteiger charge is 2.15. The molecule has 0 bridgehead atoms. The number of hydrogen-bond acceptors (Lipinski definition) is 3. The Balaban J connectivity index is 1.53. The van der Waals surface area contributed by atoms with E-state index in [1.54, 1.807) is 0 Å². The van der Waals surface area contributed by atoms with Crippen molar-refractivity contribution in [3.63, 3.8) is 0 Å². The van der Waals surface area contributed by atoms with Crippen LogP contribution in [-0.4, -0.2) is 33.3 Å². The topological polar surface area (TPSA) is 67.1 Å². The molecule has 6 heteroatoms. The van der Waals surface area contributed by atoms with E-state index in [4.69, 9.17) is 4.99 Å². The van der Waals surface area contributed by atoms with Crippen LogP contribution in [0.2, 0.25) is 0 Å². The van der Waals surface area contributed by atoms with Crippen molar-refractivity contribution in [1.82, 2.24) is 25.4 Å². The molecule has 0 radical (unpaired) electrons. The average molecular weight is 411 g/mol. The van der Waals surface area contributed by atoms with E-state index in [0.717, 1.165) is 37.0 Å². The number of rotatable bonds is 8. The number of hydrogen-bond donors (Lipinski definition) is 2. The molecular formula is C24H38N6. The zero-order chi connectivity index (χ0) is 21.3. The third-order valence-corrected chi connectivity index (χ3v) is 6.09. The van der Waals surface area contributed by atoms with Gasteiger partial charge >= 0.3 is 0 Å². The van der Waals surface area contributed by atoms with Crippen molar-refractivity contribution in [1.29, 1.82) is 0 Å². The first kappa shape index (κ1) is 22.3. The summed E-state index contributed by atoms with van der Waals surface area (Å²) in [4.78, 5) is 4.81. The first-order valence-corrected chi connectivity index (χ1v) is 11.5. The Labute approximate surface area is 181 Å². The van der Waals surface area contributed by atoms with Gasteiger partial charge in [-0.15, -0.1) is 10.2 Å². The Morgan fingerprint density at radius 2 is 1.87 bits per heavy atom. The molecular weight excluding hydrogens is 372 g/mol. The summed E-state index contributed by atoms with van der Waals surface area (Å²) in [5.74, 6) is 3.29. The second-order valence-corrected chi connectivity index (χ2v) is 8.79. The fourth-order valence-corrected chi connectivity index (χ4v) is 3.90. The van der Waals surface area contributed by atoms with Gasteiger partial charge in [-0.1, -0.05) is 57.4 Å². The zero-order valence-corrected chi connectivity index (χ0v) is 19.1. The van der Waals surface area contributed by atoms with Gasteiger partial charge in [0.05, 0.1) is 0 Å². The first-order chi connectivity index (χ1) is 14.5. The van der Waals surface area contributed by atoms with Gasteiger partial charge < -0.3 is 15.2 Å². The molecule has 1 saturated carbocycles. The fraction of sp³-hybridized carbons (Fsp3) is 0.625. The van der Waals surface area contributed by atoms with E-state index in [1.165, 1.54) is 43.2 Å². The van der Waals surface area contributed by atoms with Gasteiger partial charge in [0.15, 0.2) is 11.8 Å². The Morgan fingerprint density at radius 3 is 2.50 bits per heavy atom. The molecule has 1 aromatic heterocycles. The maximum Gasteiger partial charge on any atom is 0.191 e. The van der Waals surface area contributed by atoms with E-state index >= 15 is 0 Å². The fourth-order valence-electron chi connectivity index (χ4n) is 3.90. The van der Waals surface area contributed by atoms with Crippen LogP contribution < -0.4 is 10.6 Å². The van der Waals surface area contributed by atoms with Gasteiger partial charge in [0.1, 0.15) is 12.4 Å². The predicted molar refractivity (Wildman–Crippen MR) is 124 cm³/mol.